The van der Waals surface area contributed by atoms with Gasteiger partial charge in [0.2, 0.25) is 0 Å². The molecule has 1 aliphatic heterocycles. The molecule has 0 spiro atoms. The maximum absolute atomic E-state index is 5.53. The zero-order valence-corrected chi connectivity index (χ0v) is 11.1. The van der Waals surface area contributed by atoms with Gasteiger partial charge in [-0.05, 0) is 60.8 Å². The lowest BCUT2D eigenvalue weighted by Gasteiger charge is -2.18. The van der Waals surface area contributed by atoms with E-state index in [-0.39, 0.29) is 6.04 Å². The molecule has 2 aliphatic rings. The summed E-state index contributed by atoms with van der Waals surface area (Å²) >= 11 is 0. The average Bonchev–Trinajstić information content (AvgIpc) is 3.20. The minimum atomic E-state index is 0.139. The third-order valence-corrected chi connectivity index (χ3v) is 3.91. The van der Waals surface area contributed by atoms with Gasteiger partial charge in [0.1, 0.15) is 17.6 Å². The SMILES string of the molecule is C(=C1/CCCC2=C1NN[C@H]2c1ccco1)/c1ccco1. The van der Waals surface area contributed by atoms with Gasteiger partial charge in [-0.3, -0.25) is 0 Å². The molecule has 0 bridgehead atoms. The van der Waals surface area contributed by atoms with E-state index in [4.69, 9.17) is 8.83 Å². The van der Waals surface area contributed by atoms with Crippen LogP contribution in [-0.4, -0.2) is 0 Å². The first-order valence-corrected chi connectivity index (χ1v) is 6.94. The van der Waals surface area contributed by atoms with Gasteiger partial charge in [0, 0.05) is 0 Å². The lowest BCUT2D eigenvalue weighted by molar-refractivity contribution is 0.441. The molecule has 0 amide bonds. The van der Waals surface area contributed by atoms with Gasteiger partial charge in [0.05, 0.1) is 18.2 Å². The van der Waals surface area contributed by atoms with Crippen molar-refractivity contribution in [1.29, 1.82) is 0 Å². The summed E-state index contributed by atoms with van der Waals surface area (Å²) < 4.78 is 11.0. The summed E-state index contributed by atoms with van der Waals surface area (Å²) in [6, 6.07) is 7.98. The van der Waals surface area contributed by atoms with Gasteiger partial charge in [-0.1, -0.05) is 0 Å². The Morgan fingerprint density at radius 1 is 1.10 bits per heavy atom. The summed E-state index contributed by atoms with van der Waals surface area (Å²) in [4.78, 5) is 0. The molecule has 102 valence electrons. The zero-order chi connectivity index (χ0) is 13.4. The third kappa shape index (κ3) is 1.89. The quantitative estimate of drug-likeness (QED) is 0.874. The molecule has 0 aromatic carbocycles. The Morgan fingerprint density at radius 3 is 2.80 bits per heavy atom. The van der Waals surface area contributed by atoms with Crippen LogP contribution in [0, 0.1) is 0 Å². The molecule has 0 saturated heterocycles. The van der Waals surface area contributed by atoms with E-state index in [0.717, 1.165) is 30.8 Å². The Labute approximate surface area is 117 Å². The molecule has 1 atom stereocenters. The second-order valence-electron chi connectivity index (χ2n) is 5.16. The summed E-state index contributed by atoms with van der Waals surface area (Å²) in [5, 5.41) is 0. The molecule has 2 N–H and O–H groups in total. The van der Waals surface area contributed by atoms with Crippen LogP contribution in [0.15, 0.2) is 62.5 Å². The van der Waals surface area contributed by atoms with Crippen molar-refractivity contribution in [3.05, 3.63) is 65.2 Å². The summed E-state index contributed by atoms with van der Waals surface area (Å²) in [7, 11) is 0. The normalized spacial score (nSPS) is 24.0. The van der Waals surface area contributed by atoms with Crippen LogP contribution in [0.3, 0.4) is 0 Å². The van der Waals surface area contributed by atoms with Gasteiger partial charge in [-0.15, -0.1) is 0 Å². The van der Waals surface area contributed by atoms with Crippen molar-refractivity contribution in [3.63, 3.8) is 0 Å². The number of hydrogen-bond acceptors (Lipinski definition) is 4. The van der Waals surface area contributed by atoms with Crippen LogP contribution in [-0.2, 0) is 0 Å². The molecule has 2 aromatic heterocycles. The van der Waals surface area contributed by atoms with Gasteiger partial charge >= 0.3 is 0 Å². The molecule has 0 radical (unpaired) electrons. The molecule has 2 aromatic rings. The Hall–Kier alpha value is -2.20. The van der Waals surface area contributed by atoms with Crippen LogP contribution < -0.4 is 10.9 Å². The van der Waals surface area contributed by atoms with E-state index in [1.165, 1.54) is 16.8 Å². The van der Waals surface area contributed by atoms with Crippen molar-refractivity contribution in [2.75, 3.05) is 0 Å². The largest absolute Gasteiger partial charge is 0.467 e. The molecule has 0 fully saturated rings. The first-order chi connectivity index (χ1) is 9.92. The molecule has 4 heteroatoms. The number of rotatable bonds is 2. The number of nitrogens with one attached hydrogen (secondary N) is 2. The molecule has 0 saturated carbocycles. The number of furan rings is 2. The first-order valence-electron chi connectivity index (χ1n) is 6.94. The lowest BCUT2D eigenvalue weighted by Crippen LogP contribution is -2.27. The van der Waals surface area contributed by atoms with Crippen LogP contribution in [0.1, 0.15) is 36.8 Å². The highest BCUT2D eigenvalue weighted by Gasteiger charge is 2.31. The van der Waals surface area contributed by atoms with Crippen molar-refractivity contribution in [2.24, 2.45) is 0 Å². The Bertz CT molecular complexity index is 651. The Morgan fingerprint density at radius 2 is 2.00 bits per heavy atom. The van der Waals surface area contributed by atoms with Crippen LogP contribution in [0.4, 0.5) is 0 Å². The molecule has 4 nitrogen and oxygen atoms in total. The summed E-state index contributed by atoms with van der Waals surface area (Å²) in [5.74, 6) is 1.86. The van der Waals surface area contributed by atoms with E-state index in [1.54, 1.807) is 12.5 Å². The van der Waals surface area contributed by atoms with Gasteiger partial charge in [0.25, 0.3) is 0 Å². The van der Waals surface area contributed by atoms with Crippen LogP contribution in [0.5, 0.6) is 0 Å². The maximum atomic E-state index is 5.53. The van der Waals surface area contributed by atoms with Crippen molar-refractivity contribution >= 4 is 6.08 Å². The van der Waals surface area contributed by atoms with Gasteiger partial charge in [-0.25, -0.2) is 5.43 Å². The highest BCUT2D eigenvalue weighted by Crippen LogP contribution is 2.39. The van der Waals surface area contributed by atoms with Crippen LogP contribution >= 0.6 is 0 Å². The average molecular weight is 268 g/mol. The van der Waals surface area contributed by atoms with E-state index in [2.05, 4.69) is 16.9 Å². The molecule has 20 heavy (non-hydrogen) atoms. The molecule has 3 heterocycles. The summed E-state index contributed by atoms with van der Waals surface area (Å²) in [6.07, 6.45) is 8.86. The zero-order valence-electron chi connectivity index (χ0n) is 11.1. The number of hydrogen-bond donors (Lipinski definition) is 2. The first kappa shape index (κ1) is 11.6. The third-order valence-electron chi connectivity index (χ3n) is 3.91. The smallest absolute Gasteiger partial charge is 0.126 e. The molecular formula is C16H16N2O2. The van der Waals surface area contributed by atoms with E-state index < -0.39 is 0 Å². The summed E-state index contributed by atoms with van der Waals surface area (Å²) in [6.45, 7) is 0. The molecule has 0 unspecified atom stereocenters. The topological polar surface area (TPSA) is 50.3 Å². The van der Waals surface area contributed by atoms with Gasteiger partial charge in [-0.2, -0.15) is 0 Å². The Kier molecular flexibility index (Phi) is 2.74. The fourth-order valence-electron chi connectivity index (χ4n) is 2.99. The Balaban J connectivity index is 1.71. The predicted molar refractivity (Wildman–Crippen MR) is 75.3 cm³/mol. The van der Waals surface area contributed by atoms with Crippen LogP contribution in [0.2, 0.25) is 0 Å². The van der Waals surface area contributed by atoms with Gasteiger partial charge in [0.15, 0.2) is 0 Å². The maximum Gasteiger partial charge on any atom is 0.126 e. The highest BCUT2D eigenvalue weighted by molar-refractivity contribution is 5.57. The fraction of sp³-hybridized carbons (Fsp3) is 0.250. The van der Waals surface area contributed by atoms with Crippen molar-refractivity contribution in [3.8, 4) is 0 Å². The summed E-state index contributed by atoms with van der Waals surface area (Å²) in [5.41, 5.74) is 10.5. The molecule has 1 aliphatic carbocycles. The minimum Gasteiger partial charge on any atom is -0.467 e. The molecular weight excluding hydrogens is 252 g/mol. The standard InChI is InChI=1S/C16H16N2O2/c1-4-11(10-12-5-2-8-19-12)15-13(6-1)16(18-17-15)14-7-3-9-20-14/h2-3,5,7-10,16-18H,1,4,6H2/b11-10+/t16-/m1/s1. The second-order valence-corrected chi connectivity index (χ2v) is 5.16. The van der Waals surface area contributed by atoms with E-state index in [9.17, 15) is 0 Å². The van der Waals surface area contributed by atoms with Crippen molar-refractivity contribution in [1.82, 2.24) is 10.9 Å². The van der Waals surface area contributed by atoms with E-state index in [1.807, 2.05) is 24.3 Å². The number of allylic oxidation sites excluding steroid dienone is 1. The van der Waals surface area contributed by atoms with Crippen molar-refractivity contribution < 1.29 is 8.83 Å². The molecule has 4 rings (SSSR count). The van der Waals surface area contributed by atoms with E-state index >= 15 is 0 Å². The van der Waals surface area contributed by atoms with Crippen molar-refractivity contribution in [2.45, 2.75) is 25.3 Å². The van der Waals surface area contributed by atoms with Gasteiger partial charge < -0.3 is 14.3 Å². The minimum absolute atomic E-state index is 0.139. The monoisotopic (exact) mass is 268 g/mol. The van der Waals surface area contributed by atoms with Crippen LogP contribution in [0.25, 0.3) is 6.08 Å². The lowest BCUT2D eigenvalue weighted by atomic mass is 9.88. The number of hydrazine groups is 1. The highest BCUT2D eigenvalue weighted by atomic mass is 16.3. The van der Waals surface area contributed by atoms with E-state index in [0.29, 0.717) is 0 Å². The predicted octanol–water partition coefficient (Wildman–Crippen LogP) is 3.54. The fourth-order valence-corrected chi connectivity index (χ4v) is 2.99. The second kappa shape index (κ2) is 4.72.